The molecule has 190 valence electrons. The Balaban J connectivity index is 6.98. The summed E-state index contributed by atoms with van der Waals surface area (Å²) in [6.07, 6.45) is -7.91. The fraction of sp³-hybridized carbons (Fsp3) is 0.818. The molecule has 0 radical (unpaired) electrons. The number of aliphatic carboxylic acids is 2. The molecule has 0 fully saturated rings. The Morgan fingerprint density at radius 2 is 0.656 bits per heavy atom. The molecule has 0 aliphatic heterocycles. The maximum Gasteiger partial charge on any atom is 0.460 e. The van der Waals surface area contributed by atoms with E-state index >= 15 is 0 Å². The number of alkyl halides is 17. The lowest BCUT2D eigenvalue weighted by molar-refractivity contribution is -0.462. The number of carboxylic acid groups (broad SMARTS) is 2. The average molecular weight is 522 g/mol. The Bertz CT molecular complexity index is 738. The van der Waals surface area contributed by atoms with E-state index in [4.69, 9.17) is 10.2 Å². The lowest BCUT2D eigenvalue weighted by Crippen LogP contribution is -2.75. The summed E-state index contributed by atoms with van der Waals surface area (Å²) in [6, 6.07) is 0. The van der Waals surface area contributed by atoms with E-state index in [1.807, 2.05) is 0 Å². The van der Waals surface area contributed by atoms with Crippen molar-refractivity contribution in [3.63, 3.8) is 0 Å². The highest BCUT2D eigenvalue weighted by atomic mass is 19.4. The first-order valence-electron chi connectivity index (χ1n) is 6.68. The van der Waals surface area contributed by atoms with Crippen molar-refractivity contribution in [3.05, 3.63) is 0 Å². The van der Waals surface area contributed by atoms with Crippen LogP contribution in [0.3, 0.4) is 0 Å². The predicted molar refractivity (Wildman–Crippen MR) is 59.4 cm³/mol. The lowest BCUT2D eigenvalue weighted by atomic mass is 9.85. The Morgan fingerprint density at radius 3 is 0.875 bits per heavy atom. The Labute approximate surface area is 161 Å². The van der Waals surface area contributed by atoms with Crippen LogP contribution in [-0.2, 0) is 9.59 Å². The van der Waals surface area contributed by atoms with Crippen molar-refractivity contribution in [2.24, 2.45) is 5.92 Å². The molecule has 0 spiro atoms. The Morgan fingerprint density at radius 1 is 0.438 bits per heavy atom. The van der Waals surface area contributed by atoms with Crippen LogP contribution in [0.2, 0.25) is 0 Å². The lowest BCUT2D eigenvalue weighted by Gasteiger charge is -2.43. The van der Waals surface area contributed by atoms with Crippen LogP contribution in [0.25, 0.3) is 0 Å². The summed E-state index contributed by atoms with van der Waals surface area (Å²) in [4.78, 5) is 20.6. The molecule has 0 aromatic heterocycles. The van der Waals surface area contributed by atoms with Gasteiger partial charge in [-0.15, -0.1) is 0 Å². The molecule has 0 saturated heterocycles. The largest absolute Gasteiger partial charge is 0.480 e. The molecule has 0 bridgehead atoms. The SMILES string of the molecule is O=C(O)C(C(=O)O)C(F)(F)C(F)(F)C(F)(F)C(F)(F)C(F)(F)C(F)(F)C(F)(F)C(F)(F)F. The van der Waals surface area contributed by atoms with Gasteiger partial charge in [-0.1, -0.05) is 0 Å². The summed E-state index contributed by atoms with van der Waals surface area (Å²) in [6.45, 7) is 0. The average Bonchev–Trinajstić information content (AvgIpc) is 2.51. The fourth-order valence-corrected chi connectivity index (χ4v) is 1.77. The third-order valence-electron chi connectivity index (χ3n) is 3.60. The Hall–Kier alpha value is -2.25. The van der Waals surface area contributed by atoms with Gasteiger partial charge in [-0.05, 0) is 0 Å². The molecule has 0 aromatic rings. The van der Waals surface area contributed by atoms with Gasteiger partial charge in [0.2, 0.25) is 5.92 Å². The van der Waals surface area contributed by atoms with E-state index in [9.17, 15) is 84.2 Å². The van der Waals surface area contributed by atoms with Gasteiger partial charge in [0, 0.05) is 0 Å². The standard InChI is InChI=1S/C11H3F17O4/c12-4(13,1(2(29)30)3(31)32)5(14,15)6(16,17)7(18,19)8(20,21)9(22,23)10(24,25)11(26,27)28/h1H,(H,29,30)(H,31,32). The van der Waals surface area contributed by atoms with Gasteiger partial charge in [0.25, 0.3) is 0 Å². The van der Waals surface area contributed by atoms with Crippen molar-refractivity contribution < 1.29 is 94.4 Å². The zero-order chi connectivity index (χ0) is 26.7. The van der Waals surface area contributed by atoms with Gasteiger partial charge in [0.05, 0.1) is 0 Å². The first-order valence-corrected chi connectivity index (χ1v) is 6.68. The minimum atomic E-state index is -8.91. The van der Waals surface area contributed by atoms with Crippen LogP contribution in [0.15, 0.2) is 0 Å². The van der Waals surface area contributed by atoms with Crippen LogP contribution in [0, 0.1) is 5.92 Å². The molecular formula is C11H3F17O4. The summed E-state index contributed by atoms with van der Waals surface area (Å²) in [5.74, 6) is -72.1. The summed E-state index contributed by atoms with van der Waals surface area (Å²) >= 11 is 0. The molecule has 32 heavy (non-hydrogen) atoms. The summed E-state index contributed by atoms with van der Waals surface area (Å²) in [5, 5.41) is 16.2. The van der Waals surface area contributed by atoms with E-state index in [0.29, 0.717) is 0 Å². The van der Waals surface area contributed by atoms with Crippen molar-refractivity contribution in [3.8, 4) is 0 Å². The minimum absolute atomic E-state index is 3.69. The number of rotatable bonds is 9. The van der Waals surface area contributed by atoms with Crippen LogP contribution in [0.1, 0.15) is 0 Å². The second-order valence-corrected chi connectivity index (χ2v) is 5.68. The molecule has 0 amide bonds. The Kier molecular flexibility index (Phi) is 6.87. The maximum atomic E-state index is 13.4. The molecule has 0 atom stereocenters. The highest BCUT2D eigenvalue weighted by Crippen LogP contribution is 2.64. The first-order chi connectivity index (χ1) is 13.5. The third-order valence-corrected chi connectivity index (χ3v) is 3.60. The van der Waals surface area contributed by atoms with Crippen LogP contribution < -0.4 is 0 Å². The number of halogens is 17. The second-order valence-electron chi connectivity index (χ2n) is 5.68. The quantitative estimate of drug-likeness (QED) is 0.338. The normalized spacial score (nSPS) is 15.8. The van der Waals surface area contributed by atoms with Gasteiger partial charge < -0.3 is 10.2 Å². The van der Waals surface area contributed by atoms with Crippen LogP contribution >= 0.6 is 0 Å². The van der Waals surface area contributed by atoms with Gasteiger partial charge in [-0.25, -0.2) is 0 Å². The van der Waals surface area contributed by atoms with E-state index in [0.717, 1.165) is 0 Å². The number of hydrogen-bond acceptors (Lipinski definition) is 2. The van der Waals surface area contributed by atoms with E-state index < -0.39 is 65.5 Å². The van der Waals surface area contributed by atoms with Crippen LogP contribution in [0.5, 0.6) is 0 Å². The summed E-state index contributed by atoms with van der Waals surface area (Å²) in [7, 11) is 0. The molecule has 0 aromatic carbocycles. The minimum Gasteiger partial charge on any atom is -0.480 e. The van der Waals surface area contributed by atoms with E-state index in [1.165, 1.54) is 0 Å². The van der Waals surface area contributed by atoms with E-state index in [-0.39, 0.29) is 0 Å². The molecule has 21 heteroatoms. The summed E-state index contributed by atoms with van der Waals surface area (Å²) in [5.41, 5.74) is 0. The van der Waals surface area contributed by atoms with Gasteiger partial charge in [-0.2, -0.15) is 74.6 Å². The fourth-order valence-electron chi connectivity index (χ4n) is 1.77. The van der Waals surface area contributed by atoms with Crippen molar-refractivity contribution in [1.82, 2.24) is 0 Å². The van der Waals surface area contributed by atoms with E-state index in [1.54, 1.807) is 0 Å². The molecule has 0 heterocycles. The first kappa shape index (κ1) is 29.8. The second kappa shape index (κ2) is 7.39. The molecule has 0 saturated carbocycles. The molecule has 2 N–H and O–H groups in total. The van der Waals surface area contributed by atoms with Gasteiger partial charge in [0.1, 0.15) is 0 Å². The van der Waals surface area contributed by atoms with Crippen molar-refractivity contribution in [2.45, 2.75) is 47.6 Å². The van der Waals surface area contributed by atoms with Crippen molar-refractivity contribution in [2.75, 3.05) is 0 Å². The smallest absolute Gasteiger partial charge is 0.460 e. The molecular weight excluding hydrogens is 519 g/mol. The van der Waals surface area contributed by atoms with Crippen LogP contribution in [0.4, 0.5) is 74.6 Å². The predicted octanol–water partition coefficient (Wildman–Crippen LogP) is 4.78. The molecule has 4 nitrogen and oxygen atoms in total. The van der Waals surface area contributed by atoms with Crippen LogP contribution in [-0.4, -0.2) is 69.8 Å². The monoisotopic (exact) mass is 522 g/mol. The molecule has 0 rings (SSSR count). The number of carbonyl (C=O) groups is 2. The number of hydrogen-bond donors (Lipinski definition) is 2. The zero-order valence-electron chi connectivity index (χ0n) is 13.7. The molecule has 0 unspecified atom stereocenters. The molecule has 0 aliphatic rings. The van der Waals surface area contributed by atoms with Gasteiger partial charge in [0.15, 0.2) is 0 Å². The summed E-state index contributed by atoms with van der Waals surface area (Å²) < 4.78 is 220. The highest BCUT2D eigenvalue weighted by Gasteiger charge is 2.95. The van der Waals surface area contributed by atoms with Gasteiger partial charge in [-0.3, -0.25) is 9.59 Å². The number of carboxylic acids is 2. The molecule has 0 aliphatic carbocycles. The van der Waals surface area contributed by atoms with Crippen molar-refractivity contribution >= 4 is 11.9 Å². The van der Waals surface area contributed by atoms with Crippen molar-refractivity contribution in [1.29, 1.82) is 0 Å². The zero-order valence-corrected chi connectivity index (χ0v) is 13.7. The maximum absolute atomic E-state index is 13.4. The third kappa shape index (κ3) is 3.55. The van der Waals surface area contributed by atoms with E-state index in [2.05, 4.69) is 0 Å². The van der Waals surface area contributed by atoms with Gasteiger partial charge >= 0.3 is 59.6 Å². The topological polar surface area (TPSA) is 74.6 Å². The highest BCUT2D eigenvalue weighted by molar-refractivity contribution is 5.94.